The minimum atomic E-state index is -1.10. The highest BCUT2D eigenvalue weighted by Crippen LogP contribution is 2.30. The largest absolute Gasteiger partial charge is 0.351 e. The molecule has 144 valence electrons. The summed E-state index contributed by atoms with van der Waals surface area (Å²) in [7, 11) is 0. The van der Waals surface area contributed by atoms with Crippen molar-refractivity contribution in [1.82, 2.24) is 10.6 Å². The lowest BCUT2D eigenvalue weighted by Gasteiger charge is -2.30. The van der Waals surface area contributed by atoms with Gasteiger partial charge in [0.2, 0.25) is 0 Å². The maximum absolute atomic E-state index is 13.4. The Morgan fingerprint density at radius 3 is 2.64 bits per heavy atom. The molecule has 1 atom stereocenters. The number of hydrogen-bond acceptors (Lipinski definition) is 4. The molecule has 28 heavy (non-hydrogen) atoms. The second-order valence-corrected chi connectivity index (χ2v) is 6.41. The van der Waals surface area contributed by atoms with E-state index < -0.39 is 28.5 Å². The molecule has 10 heteroatoms. The lowest BCUT2D eigenvalue weighted by molar-refractivity contribution is -0.384. The predicted molar refractivity (Wildman–Crippen MR) is 102 cm³/mol. The number of non-ortho nitro benzene ring substituents is 1. The maximum Gasteiger partial charge on any atom is 0.269 e. The second-order valence-electron chi connectivity index (χ2n) is 6.01. The molecule has 1 amide bonds. The van der Waals surface area contributed by atoms with E-state index in [4.69, 9.17) is 12.2 Å². The Labute approximate surface area is 163 Å². The Bertz CT molecular complexity index is 1030. The van der Waals surface area contributed by atoms with E-state index in [-0.39, 0.29) is 22.1 Å². The number of carbonyl (C=O) groups excluding carboxylic acids is 1. The van der Waals surface area contributed by atoms with E-state index in [9.17, 15) is 23.7 Å². The van der Waals surface area contributed by atoms with Crippen LogP contribution in [0.1, 0.15) is 18.5 Å². The normalized spacial score (nSPS) is 16.2. The van der Waals surface area contributed by atoms with Gasteiger partial charge in [-0.25, -0.2) is 8.78 Å². The van der Waals surface area contributed by atoms with Crippen molar-refractivity contribution in [2.24, 2.45) is 0 Å². The number of halogens is 2. The van der Waals surface area contributed by atoms with E-state index in [0.29, 0.717) is 11.3 Å². The van der Waals surface area contributed by atoms with Crippen LogP contribution in [0.3, 0.4) is 0 Å². The summed E-state index contributed by atoms with van der Waals surface area (Å²) in [6.07, 6.45) is 0. The number of anilines is 1. The molecule has 0 unspecified atom stereocenters. The molecule has 0 bridgehead atoms. The fourth-order valence-corrected chi connectivity index (χ4v) is 3.11. The first-order chi connectivity index (χ1) is 13.3. The summed E-state index contributed by atoms with van der Waals surface area (Å²) in [5, 5.41) is 19.6. The van der Waals surface area contributed by atoms with Crippen LogP contribution in [0.4, 0.5) is 20.2 Å². The third kappa shape index (κ3) is 3.96. The van der Waals surface area contributed by atoms with Gasteiger partial charge in [-0.3, -0.25) is 14.9 Å². The molecule has 0 aromatic heterocycles. The van der Waals surface area contributed by atoms with Crippen molar-refractivity contribution in [1.29, 1.82) is 0 Å². The molecule has 0 fully saturated rings. The number of allylic oxidation sites excluding steroid dienone is 1. The minimum absolute atomic E-state index is 0.0649. The fraction of sp³-hybridized carbons (Fsp3) is 0.111. The van der Waals surface area contributed by atoms with E-state index in [0.717, 1.165) is 12.1 Å². The zero-order valence-electron chi connectivity index (χ0n) is 14.5. The number of benzene rings is 2. The number of nitro benzene ring substituents is 1. The Kier molecular flexibility index (Phi) is 5.32. The van der Waals surface area contributed by atoms with E-state index in [1.54, 1.807) is 13.0 Å². The molecule has 3 rings (SSSR count). The Hall–Kier alpha value is -3.40. The van der Waals surface area contributed by atoms with Gasteiger partial charge in [-0.05, 0) is 36.8 Å². The first kappa shape index (κ1) is 19.4. The topological polar surface area (TPSA) is 96.3 Å². The molecule has 0 saturated heterocycles. The van der Waals surface area contributed by atoms with Crippen LogP contribution in [0, 0.1) is 21.7 Å². The van der Waals surface area contributed by atoms with Gasteiger partial charge in [-0.1, -0.05) is 12.1 Å². The van der Waals surface area contributed by atoms with Crippen LogP contribution < -0.4 is 16.0 Å². The first-order valence-corrected chi connectivity index (χ1v) is 8.46. The lowest BCUT2D eigenvalue weighted by Crippen LogP contribution is -2.45. The van der Waals surface area contributed by atoms with Crippen molar-refractivity contribution >= 4 is 34.6 Å². The Morgan fingerprint density at radius 2 is 1.96 bits per heavy atom. The van der Waals surface area contributed by atoms with Crippen molar-refractivity contribution in [3.8, 4) is 0 Å². The molecule has 1 heterocycles. The molecule has 1 aliphatic rings. The van der Waals surface area contributed by atoms with Crippen molar-refractivity contribution in [2.45, 2.75) is 13.0 Å². The molecule has 7 nitrogen and oxygen atoms in total. The highest BCUT2D eigenvalue weighted by atomic mass is 32.1. The van der Waals surface area contributed by atoms with Gasteiger partial charge in [-0.15, -0.1) is 0 Å². The predicted octanol–water partition coefficient (Wildman–Crippen LogP) is 3.30. The van der Waals surface area contributed by atoms with Gasteiger partial charge in [0.05, 0.1) is 16.5 Å². The number of nitro groups is 1. The zero-order valence-corrected chi connectivity index (χ0v) is 15.3. The van der Waals surface area contributed by atoms with Crippen LogP contribution in [0.15, 0.2) is 53.7 Å². The smallest absolute Gasteiger partial charge is 0.269 e. The number of carbonyl (C=O) groups is 1. The SMILES string of the molecule is CC1=C(C(=O)Nc2ccc(F)c(F)c2)[C@@H](c2cccc([N+](=O)[O-])c2)NC(=S)N1. The van der Waals surface area contributed by atoms with Crippen LogP contribution in [-0.2, 0) is 4.79 Å². The summed E-state index contributed by atoms with van der Waals surface area (Å²) in [6.45, 7) is 1.62. The summed E-state index contributed by atoms with van der Waals surface area (Å²) in [5.41, 5.74) is 1.02. The van der Waals surface area contributed by atoms with Crippen LogP contribution in [-0.4, -0.2) is 15.9 Å². The molecule has 3 N–H and O–H groups in total. The standard InChI is InChI=1S/C18H14F2N4O3S/c1-9-15(17(25)22-11-5-6-13(19)14(20)8-11)16(23-18(28)21-9)10-3-2-4-12(7-10)24(26)27/h2-8,16H,1H3,(H,22,25)(H2,21,23,28)/t16-/m1/s1. The lowest BCUT2D eigenvalue weighted by atomic mass is 9.94. The van der Waals surface area contributed by atoms with Crippen molar-refractivity contribution in [2.75, 3.05) is 5.32 Å². The third-order valence-corrected chi connectivity index (χ3v) is 4.33. The van der Waals surface area contributed by atoms with Crippen molar-refractivity contribution in [3.05, 3.63) is 81.0 Å². The quantitative estimate of drug-likeness (QED) is 0.411. The number of nitrogens with zero attached hydrogens (tertiary/aromatic N) is 1. The highest BCUT2D eigenvalue weighted by Gasteiger charge is 2.30. The Morgan fingerprint density at radius 1 is 1.21 bits per heavy atom. The summed E-state index contributed by atoms with van der Waals surface area (Å²) in [6, 6.07) is 8.01. The summed E-state index contributed by atoms with van der Waals surface area (Å²) in [4.78, 5) is 23.4. The van der Waals surface area contributed by atoms with Crippen molar-refractivity contribution in [3.63, 3.8) is 0 Å². The zero-order chi connectivity index (χ0) is 20.4. The van der Waals surface area contributed by atoms with Gasteiger partial charge in [-0.2, -0.15) is 0 Å². The molecule has 0 spiro atoms. The number of rotatable bonds is 4. The van der Waals surface area contributed by atoms with Crippen LogP contribution in [0.2, 0.25) is 0 Å². The van der Waals surface area contributed by atoms with Gasteiger partial charge < -0.3 is 16.0 Å². The number of hydrogen-bond donors (Lipinski definition) is 3. The van der Waals surface area contributed by atoms with Crippen LogP contribution in [0.25, 0.3) is 0 Å². The van der Waals surface area contributed by atoms with E-state index >= 15 is 0 Å². The van der Waals surface area contributed by atoms with Crippen LogP contribution in [0.5, 0.6) is 0 Å². The van der Waals surface area contributed by atoms with E-state index in [1.165, 1.54) is 24.3 Å². The maximum atomic E-state index is 13.4. The van der Waals surface area contributed by atoms with Crippen molar-refractivity contribution < 1.29 is 18.5 Å². The molecule has 1 aliphatic heterocycles. The number of nitrogens with one attached hydrogen (secondary N) is 3. The van der Waals surface area contributed by atoms with E-state index in [1.807, 2.05) is 0 Å². The summed E-state index contributed by atoms with van der Waals surface area (Å²) < 4.78 is 26.5. The van der Waals surface area contributed by atoms with Gasteiger partial charge in [0.25, 0.3) is 11.6 Å². The van der Waals surface area contributed by atoms with Crippen LogP contribution >= 0.6 is 12.2 Å². The van der Waals surface area contributed by atoms with Gasteiger partial charge in [0, 0.05) is 29.6 Å². The molecular formula is C18H14F2N4O3S. The molecule has 0 aliphatic carbocycles. The van der Waals surface area contributed by atoms with Gasteiger partial charge >= 0.3 is 0 Å². The Balaban J connectivity index is 1.97. The summed E-state index contributed by atoms with van der Waals surface area (Å²) >= 11 is 5.13. The third-order valence-electron chi connectivity index (χ3n) is 4.11. The van der Waals surface area contributed by atoms with Gasteiger partial charge in [0.1, 0.15) is 0 Å². The highest BCUT2D eigenvalue weighted by molar-refractivity contribution is 7.80. The second kappa shape index (κ2) is 7.69. The minimum Gasteiger partial charge on any atom is -0.351 e. The number of thiocarbonyl (C=S) groups is 1. The molecule has 2 aromatic rings. The number of amides is 1. The molecule has 0 saturated carbocycles. The first-order valence-electron chi connectivity index (χ1n) is 8.05. The average molecular weight is 404 g/mol. The van der Waals surface area contributed by atoms with Gasteiger partial charge in [0.15, 0.2) is 16.7 Å². The van der Waals surface area contributed by atoms with E-state index in [2.05, 4.69) is 16.0 Å². The average Bonchev–Trinajstić information content (AvgIpc) is 2.64. The molecule has 0 radical (unpaired) electrons. The molecular weight excluding hydrogens is 390 g/mol. The monoisotopic (exact) mass is 404 g/mol. The molecule has 2 aromatic carbocycles. The fourth-order valence-electron chi connectivity index (χ4n) is 2.84. The summed E-state index contributed by atoms with van der Waals surface area (Å²) in [5.74, 6) is -2.73.